The normalized spacial score (nSPS) is 13.6. The van der Waals surface area contributed by atoms with Gasteiger partial charge in [-0.15, -0.1) is 0 Å². The lowest BCUT2D eigenvalue weighted by Gasteiger charge is -2.31. The summed E-state index contributed by atoms with van der Waals surface area (Å²) in [6.45, 7) is 2.64. The quantitative estimate of drug-likeness (QED) is 0.112. The Balaban J connectivity index is 1.20. The molecule has 0 radical (unpaired) electrons. The molecule has 0 amide bonds. The van der Waals surface area contributed by atoms with Gasteiger partial charge in [0.25, 0.3) is 0 Å². The Morgan fingerprint density at radius 2 is 1.81 bits per heavy atom. The third kappa shape index (κ3) is 8.60. The number of carbonyl (C=O) groups excluding carboxylic acids is 1. The summed E-state index contributed by atoms with van der Waals surface area (Å²) in [5, 5.41) is 17.7. The van der Waals surface area contributed by atoms with E-state index in [1.54, 1.807) is 18.2 Å². The van der Waals surface area contributed by atoms with Crippen molar-refractivity contribution in [3.63, 3.8) is 0 Å². The molecule has 1 saturated heterocycles. The molecule has 1 aliphatic heterocycles. The molecule has 10 nitrogen and oxygen atoms in total. The summed E-state index contributed by atoms with van der Waals surface area (Å²) in [5.74, 6) is -0.552. The summed E-state index contributed by atoms with van der Waals surface area (Å²) in [4.78, 5) is 23.7. The first-order chi connectivity index (χ1) is 22.9. The Labute approximate surface area is 272 Å². The van der Waals surface area contributed by atoms with Gasteiger partial charge in [-0.05, 0) is 62.1 Å². The predicted octanol–water partition coefficient (Wildman–Crippen LogP) is 6.46. The number of fused-ring (bicyclic) bond motifs is 1. The number of pyridine rings is 1. The molecule has 0 N–H and O–H groups in total. The summed E-state index contributed by atoms with van der Waals surface area (Å²) in [6, 6.07) is 16.3. The van der Waals surface area contributed by atoms with E-state index in [1.807, 2.05) is 16.7 Å². The van der Waals surface area contributed by atoms with Gasteiger partial charge in [0.2, 0.25) is 5.88 Å². The fourth-order valence-electron chi connectivity index (χ4n) is 5.66. The molecule has 0 unspecified atom stereocenters. The first-order valence-corrected chi connectivity index (χ1v) is 15.7. The second-order valence-electron chi connectivity index (χ2n) is 11.4. The lowest BCUT2D eigenvalue weighted by molar-refractivity contribution is 0.0600. The molecule has 0 atom stereocenters. The van der Waals surface area contributed by atoms with Crippen molar-refractivity contribution in [2.75, 3.05) is 20.2 Å². The van der Waals surface area contributed by atoms with Gasteiger partial charge in [-0.2, -0.15) is 10.5 Å². The van der Waals surface area contributed by atoms with E-state index in [0.29, 0.717) is 36.6 Å². The Bertz CT molecular complexity index is 1790. The molecule has 47 heavy (non-hydrogen) atoms. The number of hydrogen-bond acceptors (Lipinski definition) is 9. The number of nitriles is 2. The molecule has 1 fully saturated rings. The monoisotopic (exact) mass is 642 g/mol. The number of ether oxygens (including phenoxy) is 3. The van der Waals surface area contributed by atoms with Crippen LogP contribution in [0.3, 0.4) is 0 Å². The minimum Gasteiger partial charge on any atom is -0.484 e. The SMILES string of the molecule is COC(=O)c1cc(F)c2nc(CN3CCC(Oc4cccc(COc5ccc(C#N)cc5F)n4)CC3)n(CCCCCCC#N)c2c1. The molecule has 0 bridgehead atoms. The van der Waals surface area contributed by atoms with Crippen LogP contribution in [0.25, 0.3) is 11.0 Å². The van der Waals surface area contributed by atoms with Gasteiger partial charge in [0.1, 0.15) is 24.1 Å². The van der Waals surface area contributed by atoms with E-state index < -0.39 is 17.6 Å². The molecule has 4 aromatic rings. The first kappa shape index (κ1) is 33.3. The largest absolute Gasteiger partial charge is 0.484 e. The minimum absolute atomic E-state index is 0.0419. The number of halogens is 2. The molecule has 5 rings (SSSR count). The number of hydrogen-bond donors (Lipinski definition) is 0. The van der Waals surface area contributed by atoms with E-state index in [9.17, 15) is 9.18 Å². The van der Waals surface area contributed by atoms with Crippen molar-refractivity contribution in [2.24, 2.45) is 0 Å². The van der Waals surface area contributed by atoms with Crippen LogP contribution in [0.15, 0.2) is 48.5 Å². The van der Waals surface area contributed by atoms with Gasteiger partial charge < -0.3 is 18.8 Å². The average Bonchev–Trinajstić information content (AvgIpc) is 3.43. The van der Waals surface area contributed by atoms with Gasteiger partial charge >= 0.3 is 5.97 Å². The molecule has 0 spiro atoms. The van der Waals surface area contributed by atoms with Crippen molar-refractivity contribution in [2.45, 2.75) is 70.7 Å². The zero-order chi connectivity index (χ0) is 33.2. The maximum atomic E-state index is 15.1. The molecule has 1 aliphatic rings. The smallest absolute Gasteiger partial charge is 0.338 e. The van der Waals surface area contributed by atoms with E-state index >= 15 is 4.39 Å². The second kappa shape index (κ2) is 16.0. The van der Waals surface area contributed by atoms with Crippen molar-refractivity contribution in [3.8, 4) is 23.8 Å². The van der Waals surface area contributed by atoms with Gasteiger partial charge in [0, 0.05) is 32.1 Å². The maximum Gasteiger partial charge on any atom is 0.338 e. The van der Waals surface area contributed by atoms with Crippen LogP contribution in [0.1, 0.15) is 72.4 Å². The van der Waals surface area contributed by atoms with Crippen LogP contribution in [0.5, 0.6) is 11.6 Å². The highest BCUT2D eigenvalue weighted by Crippen LogP contribution is 2.26. The first-order valence-electron chi connectivity index (χ1n) is 15.7. The number of rotatable bonds is 14. The summed E-state index contributed by atoms with van der Waals surface area (Å²) < 4.78 is 47.9. The highest BCUT2D eigenvalue weighted by molar-refractivity contribution is 5.94. The van der Waals surface area contributed by atoms with Crippen LogP contribution in [0.2, 0.25) is 0 Å². The Hall–Kier alpha value is -5.07. The molecule has 12 heteroatoms. The number of imidazole rings is 1. The number of likely N-dealkylation sites (tertiary alicyclic amines) is 1. The van der Waals surface area contributed by atoms with Crippen LogP contribution in [-0.4, -0.2) is 51.7 Å². The van der Waals surface area contributed by atoms with Gasteiger partial charge in [0.05, 0.1) is 48.1 Å². The third-order valence-corrected chi connectivity index (χ3v) is 8.13. The molecular formula is C35H36F2N6O4. The fourth-order valence-corrected chi connectivity index (χ4v) is 5.66. The Morgan fingerprint density at radius 1 is 1.00 bits per heavy atom. The number of benzene rings is 2. The molecule has 0 saturated carbocycles. The van der Waals surface area contributed by atoms with Crippen molar-refractivity contribution >= 4 is 17.0 Å². The van der Waals surface area contributed by atoms with Crippen LogP contribution in [0, 0.1) is 34.3 Å². The number of aromatic nitrogens is 3. The van der Waals surface area contributed by atoms with Crippen molar-refractivity contribution in [1.82, 2.24) is 19.4 Å². The summed E-state index contributed by atoms with van der Waals surface area (Å²) >= 11 is 0. The summed E-state index contributed by atoms with van der Waals surface area (Å²) in [7, 11) is 1.27. The van der Waals surface area contributed by atoms with Gasteiger partial charge in [-0.3, -0.25) is 4.90 Å². The molecule has 0 aliphatic carbocycles. The van der Waals surface area contributed by atoms with E-state index in [1.165, 1.54) is 25.3 Å². The molecule has 2 aromatic heterocycles. The van der Waals surface area contributed by atoms with E-state index in [0.717, 1.165) is 63.5 Å². The maximum absolute atomic E-state index is 15.1. The van der Waals surface area contributed by atoms with Crippen LogP contribution in [-0.2, 0) is 24.4 Å². The number of carbonyl (C=O) groups is 1. The second-order valence-corrected chi connectivity index (χ2v) is 11.4. The highest BCUT2D eigenvalue weighted by atomic mass is 19.1. The summed E-state index contributed by atoms with van der Waals surface area (Å²) in [5.41, 5.74) is 1.73. The van der Waals surface area contributed by atoms with Crippen LogP contribution >= 0.6 is 0 Å². The number of esters is 1. The topological polar surface area (TPSA) is 126 Å². The number of piperidine rings is 1. The third-order valence-electron chi connectivity index (χ3n) is 8.13. The molecule has 244 valence electrons. The zero-order valence-corrected chi connectivity index (χ0v) is 26.3. The fraction of sp³-hybridized carbons (Fsp3) is 0.400. The molecule has 3 heterocycles. The zero-order valence-electron chi connectivity index (χ0n) is 26.3. The number of unbranched alkanes of at least 4 members (excludes halogenated alkanes) is 4. The van der Waals surface area contributed by atoms with Gasteiger partial charge in [-0.25, -0.2) is 23.5 Å². The van der Waals surface area contributed by atoms with Crippen molar-refractivity contribution < 1.29 is 27.8 Å². The van der Waals surface area contributed by atoms with E-state index in [-0.39, 0.29) is 35.1 Å². The van der Waals surface area contributed by atoms with E-state index in [4.69, 9.17) is 24.7 Å². The predicted molar refractivity (Wildman–Crippen MR) is 168 cm³/mol. The van der Waals surface area contributed by atoms with Crippen molar-refractivity contribution in [1.29, 1.82) is 10.5 Å². The standard InChI is InChI=1S/C35H36F2N6O4/c1-45-35(44)25-19-29(37)34-30(20-25)43(15-6-4-2-3-5-14-38)32(41-34)22-42-16-12-27(13-17-42)47-33-9-7-8-26(40-33)23-46-31-11-10-24(21-39)18-28(31)36/h7-11,18-20,27H,2-6,12-13,15-17,22-23H2,1H3. The number of aryl methyl sites for hydroxylation is 1. The Morgan fingerprint density at radius 3 is 2.55 bits per heavy atom. The average molecular weight is 643 g/mol. The molecular weight excluding hydrogens is 606 g/mol. The number of nitrogens with zero attached hydrogens (tertiary/aromatic N) is 6. The van der Waals surface area contributed by atoms with Gasteiger partial charge in [-0.1, -0.05) is 18.9 Å². The lowest BCUT2D eigenvalue weighted by atomic mass is 10.1. The van der Waals surface area contributed by atoms with Gasteiger partial charge in [0.15, 0.2) is 17.4 Å². The van der Waals surface area contributed by atoms with Crippen LogP contribution in [0.4, 0.5) is 8.78 Å². The summed E-state index contributed by atoms with van der Waals surface area (Å²) in [6.07, 6.45) is 5.52. The van der Waals surface area contributed by atoms with E-state index in [2.05, 4.69) is 20.9 Å². The van der Waals surface area contributed by atoms with Crippen LogP contribution < -0.4 is 9.47 Å². The lowest BCUT2D eigenvalue weighted by Crippen LogP contribution is -2.38. The Kier molecular flexibility index (Phi) is 11.3. The highest BCUT2D eigenvalue weighted by Gasteiger charge is 2.24. The van der Waals surface area contributed by atoms with Crippen molar-refractivity contribution in [3.05, 3.63) is 82.8 Å². The molecule has 2 aromatic carbocycles. The minimum atomic E-state index is -0.609. The number of methoxy groups -OCH3 is 1.